The van der Waals surface area contributed by atoms with Crippen LogP contribution in [0.2, 0.25) is 0 Å². The standard InChI is InChI=1S/C12H16O.C7H7NO2/c1-9-2-3-10-4-5-11(6-7-13)12(10)8-9;9-7(10)8-6-4-2-1-3-5-6/h2-3,8,11,13H,4-7H2,1H3;1-5,8H,(H,9,10). The van der Waals surface area contributed by atoms with E-state index in [1.807, 2.05) is 6.07 Å². The number of rotatable bonds is 3. The van der Waals surface area contributed by atoms with Crippen molar-refractivity contribution in [1.82, 2.24) is 0 Å². The molecule has 0 fully saturated rings. The summed E-state index contributed by atoms with van der Waals surface area (Å²) in [6, 6.07) is 15.4. The normalized spacial score (nSPS) is 15.3. The average Bonchev–Trinajstić information content (AvgIpc) is 2.91. The summed E-state index contributed by atoms with van der Waals surface area (Å²) in [5.41, 5.74) is 4.90. The summed E-state index contributed by atoms with van der Waals surface area (Å²) in [5.74, 6) is 0.611. The number of fused-ring (bicyclic) bond motifs is 1. The van der Waals surface area contributed by atoms with Crippen molar-refractivity contribution in [3.63, 3.8) is 0 Å². The Morgan fingerprint density at radius 1 is 1.22 bits per heavy atom. The van der Waals surface area contributed by atoms with Crippen molar-refractivity contribution in [3.05, 3.63) is 65.2 Å². The van der Waals surface area contributed by atoms with Crippen LogP contribution >= 0.6 is 0 Å². The lowest BCUT2D eigenvalue weighted by Gasteiger charge is -2.09. The number of carbonyl (C=O) groups is 1. The van der Waals surface area contributed by atoms with Crippen LogP contribution in [0.15, 0.2) is 48.5 Å². The maximum atomic E-state index is 10.1. The number of carboxylic acid groups (broad SMARTS) is 1. The van der Waals surface area contributed by atoms with Crippen LogP contribution in [-0.4, -0.2) is 22.9 Å². The molecule has 0 heterocycles. The zero-order chi connectivity index (χ0) is 16.7. The Hall–Kier alpha value is -2.33. The zero-order valence-corrected chi connectivity index (χ0v) is 13.3. The number of benzene rings is 2. The minimum atomic E-state index is -1.04. The Morgan fingerprint density at radius 3 is 2.61 bits per heavy atom. The van der Waals surface area contributed by atoms with E-state index in [9.17, 15) is 4.79 Å². The predicted octanol–water partition coefficient (Wildman–Crippen LogP) is 4.18. The number of aliphatic hydroxyl groups excluding tert-OH is 1. The number of nitrogens with one attached hydrogen (secondary N) is 1. The lowest BCUT2D eigenvalue weighted by molar-refractivity contribution is 0.209. The van der Waals surface area contributed by atoms with Crippen LogP contribution in [0, 0.1) is 6.92 Å². The van der Waals surface area contributed by atoms with Crippen molar-refractivity contribution in [1.29, 1.82) is 0 Å². The molecule has 2 aromatic rings. The van der Waals surface area contributed by atoms with E-state index >= 15 is 0 Å². The molecular weight excluding hydrogens is 290 g/mol. The van der Waals surface area contributed by atoms with Gasteiger partial charge in [-0.3, -0.25) is 5.32 Å². The lowest BCUT2D eigenvalue weighted by atomic mass is 9.97. The summed E-state index contributed by atoms with van der Waals surface area (Å²) in [4.78, 5) is 10.1. The van der Waals surface area contributed by atoms with Gasteiger partial charge in [0.05, 0.1) is 0 Å². The third kappa shape index (κ3) is 5.11. The molecule has 0 aromatic heterocycles. The van der Waals surface area contributed by atoms with Crippen molar-refractivity contribution in [2.24, 2.45) is 0 Å². The lowest BCUT2D eigenvalue weighted by Crippen LogP contribution is -2.06. The van der Waals surface area contributed by atoms with E-state index in [-0.39, 0.29) is 0 Å². The van der Waals surface area contributed by atoms with E-state index in [0.717, 1.165) is 6.42 Å². The molecule has 0 spiro atoms. The van der Waals surface area contributed by atoms with E-state index in [0.29, 0.717) is 18.2 Å². The van der Waals surface area contributed by atoms with E-state index in [1.54, 1.807) is 24.3 Å². The second-order valence-electron chi connectivity index (χ2n) is 5.75. The Balaban J connectivity index is 0.000000174. The molecule has 1 atom stereocenters. The summed E-state index contributed by atoms with van der Waals surface area (Å²) in [6.07, 6.45) is 2.31. The fraction of sp³-hybridized carbons (Fsp3) is 0.316. The third-order valence-electron chi connectivity index (χ3n) is 4.01. The second kappa shape index (κ2) is 8.34. The molecule has 1 aliphatic rings. The smallest absolute Gasteiger partial charge is 0.409 e. The first kappa shape index (κ1) is 17.0. The van der Waals surface area contributed by atoms with Crippen molar-refractivity contribution >= 4 is 11.8 Å². The van der Waals surface area contributed by atoms with Crippen LogP contribution in [0.25, 0.3) is 0 Å². The number of amides is 1. The number of hydrogen-bond donors (Lipinski definition) is 3. The van der Waals surface area contributed by atoms with Gasteiger partial charge in [-0.15, -0.1) is 0 Å². The molecule has 4 nitrogen and oxygen atoms in total. The highest BCUT2D eigenvalue weighted by Gasteiger charge is 2.21. The van der Waals surface area contributed by atoms with Gasteiger partial charge in [-0.05, 0) is 55.4 Å². The van der Waals surface area contributed by atoms with Gasteiger partial charge < -0.3 is 10.2 Å². The van der Waals surface area contributed by atoms with Gasteiger partial charge in [0.25, 0.3) is 0 Å². The summed E-state index contributed by atoms with van der Waals surface area (Å²) in [7, 11) is 0. The Morgan fingerprint density at radius 2 is 1.96 bits per heavy atom. The van der Waals surface area contributed by atoms with Crippen molar-refractivity contribution in [2.45, 2.75) is 32.1 Å². The monoisotopic (exact) mass is 313 g/mol. The fourth-order valence-corrected chi connectivity index (χ4v) is 2.91. The van der Waals surface area contributed by atoms with Crippen molar-refractivity contribution in [3.8, 4) is 0 Å². The maximum absolute atomic E-state index is 10.1. The van der Waals surface area contributed by atoms with Gasteiger partial charge in [-0.2, -0.15) is 0 Å². The van der Waals surface area contributed by atoms with Gasteiger partial charge in [0.2, 0.25) is 0 Å². The molecule has 0 saturated carbocycles. The Kier molecular flexibility index (Phi) is 6.18. The first-order valence-corrected chi connectivity index (χ1v) is 7.85. The Bertz CT molecular complexity index is 638. The van der Waals surface area contributed by atoms with Gasteiger partial charge in [0, 0.05) is 12.3 Å². The molecule has 122 valence electrons. The summed E-state index contributed by atoms with van der Waals surface area (Å²) >= 11 is 0. The van der Waals surface area contributed by atoms with E-state index in [2.05, 4.69) is 30.4 Å². The van der Waals surface area contributed by atoms with Crippen LogP contribution < -0.4 is 5.32 Å². The molecule has 4 heteroatoms. The molecule has 0 bridgehead atoms. The molecule has 0 aliphatic heterocycles. The predicted molar refractivity (Wildman–Crippen MR) is 92.0 cm³/mol. The number of aliphatic hydroxyl groups is 1. The molecule has 0 saturated heterocycles. The van der Waals surface area contributed by atoms with Crippen molar-refractivity contribution < 1.29 is 15.0 Å². The first-order chi connectivity index (χ1) is 11.1. The molecule has 0 radical (unpaired) electrons. The van der Waals surface area contributed by atoms with Gasteiger partial charge in [0.1, 0.15) is 0 Å². The van der Waals surface area contributed by atoms with E-state index in [1.165, 1.54) is 29.5 Å². The first-order valence-electron chi connectivity index (χ1n) is 7.85. The Labute approximate surface area is 136 Å². The molecule has 3 N–H and O–H groups in total. The summed E-state index contributed by atoms with van der Waals surface area (Å²) in [5, 5.41) is 19.4. The number of aryl methyl sites for hydroxylation is 2. The van der Waals surface area contributed by atoms with Gasteiger partial charge >= 0.3 is 6.09 Å². The number of hydrogen-bond acceptors (Lipinski definition) is 2. The highest BCUT2D eigenvalue weighted by molar-refractivity contribution is 5.82. The molecule has 1 aliphatic carbocycles. The highest BCUT2D eigenvalue weighted by Crippen LogP contribution is 2.35. The van der Waals surface area contributed by atoms with E-state index < -0.39 is 6.09 Å². The van der Waals surface area contributed by atoms with Crippen LogP contribution in [0.4, 0.5) is 10.5 Å². The summed E-state index contributed by atoms with van der Waals surface area (Å²) < 4.78 is 0. The van der Waals surface area contributed by atoms with Gasteiger partial charge in [0.15, 0.2) is 0 Å². The number of anilines is 1. The van der Waals surface area contributed by atoms with Crippen LogP contribution in [0.3, 0.4) is 0 Å². The highest BCUT2D eigenvalue weighted by atomic mass is 16.4. The van der Waals surface area contributed by atoms with Crippen LogP contribution in [0.1, 0.15) is 35.4 Å². The van der Waals surface area contributed by atoms with Crippen molar-refractivity contribution in [2.75, 3.05) is 11.9 Å². The van der Waals surface area contributed by atoms with E-state index in [4.69, 9.17) is 10.2 Å². The topological polar surface area (TPSA) is 69.6 Å². The molecule has 3 rings (SSSR count). The molecule has 1 amide bonds. The largest absolute Gasteiger partial charge is 0.465 e. The third-order valence-corrected chi connectivity index (χ3v) is 4.01. The SMILES string of the molecule is Cc1ccc2c(c1)C(CCO)CC2.O=C(O)Nc1ccccc1. The number of para-hydroxylation sites is 1. The summed E-state index contributed by atoms with van der Waals surface area (Å²) in [6.45, 7) is 2.45. The molecular formula is C19H23NO3. The van der Waals surface area contributed by atoms with Crippen LogP contribution in [-0.2, 0) is 6.42 Å². The molecule has 2 aromatic carbocycles. The second-order valence-corrected chi connectivity index (χ2v) is 5.75. The fourth-order valence-electron chi connectivity index (χ4n) is 2.91. The van der Waals surface area contributed by atoms with Gasteiger partial charge in [-0.25, -0.2) is 4.79 Å². The van der Waals surface area contributed by atoms with Gasteiger partial charge in [-0.1, -0.05) is 42.0 Å². The minimum absolute atomic E-state index is 0.318. The minimum Gasteiger partial charge on any atom is -0.465 e. The molecule has 1 unspecified atom stereocenters. The maximum Gasteiger partial charge on any atom is 0.409 e. The molecule has 23 heavy (non-hydrogen) atoms. The zero-order valence-electron chi connectivity index (χ0n) is 13.3. The van der Waals surface area contributed by atoms with Crippen LogP contribution in [0.5, 0.6) is 0 Å². The quantitative estimate of drug-likeness (QED) is 0.796. The average molecular weight is 313 g/mol.